The summed E-state index contributed by atoms with van der Waals surface area (Å²) in [6.07, 6.45) is 1.55. The van der Waals surface area contributed by atoms with Crippen LogP contribution in [0.25, 0.3) is 22.5 Å². The van der Waals surface area contributed by atoms with Crippen molar-refractivity contribution in [3.05, 3.63) is 64.9 Å². The maximum Gasteiger partial charge on any atom is 0.254 e. The van der Waals surface area contributed by atoms with Gasteiger partial charge in [-0.1, -0.05) is 31.2 Å². The number of aromatic nitrogens is 2. The van der Waals surface area contributed by atoms with Gasteiger partial charge in [-0.05, 0) is 56.5 Å². The first-order valence-electron chi connectivity index (χ1n) is 12.0. The lowest BCUT2D eigenvalue weighted by Crippen LogP contribution is -2.32. The number of hydrogen-bond donors (Lipinski definition) is 2. The highest BCUT2D eigenvalue weighted by Gasteiger charge is 2.36. The van der Waals surface area contributed by atoms with E-state index in [0.29, 0.717) is 35.7 Å². The van der Waals surface area contributed by atoms with Crippen LogP contribution in [0.4, 0.5) is 14.6 Å². The number of amides is 1. The molecule has 2 aliphatic rings. The number of hydrogen-bond acceptors (Lipinski definition) is 5. The third-order valence-electron chi connectivity index (χ3n) is 7.32. The van der Waals surface area contributed by atoms with Crippen LogP contribution in [0.2, 0.25) is 0 Å². The molecule has 1 amide bonds. The van der Waals surface area contributed by atoms with Crippen molar-refractivity contribution in [2.24, 2.45) is 0 Å². The van der Waals surface area contributed by atoms with Crippen LogP contribution in [0.1, 0.15) is 48.7 Å². The molecule has 1 saturated heterocycles. The number of fused-ring (bicyclic) bond motifs is 1. The van der Waals surface area contributed by atoms with Gasteiger partial charge >= 0.3 is 0 Å². The van der Waals surface area contributed by atoms with Crippen LogP contribution >= 0.6 is 0 Å². The predicted molar refractivity (Wildman–Crippen MR) is 132 cm³/mol. The molecule has 1 unspecified atom stereocenters. The van der Waals surface area contributed by atoms with E-state index in [-0.39, 0.29) is 28.2 Å². The second-order valence-electron chi connectivity index (χ2n) is 10.0. The molecule has 0 radical (unpaired) electrons. The minimum absolute atomic E-state index is 0.0286. The Morgan fingerprint density at radius 2 is 1.83 bits per heavy atom. The van der Waals surface area contributed by atoms with Crippen molar-refractivity contribution in [3.8, 4) is 22.5 Å². The standard InChI is InChI=1S/C27H29F2N5O/c1-15(2)34-11-9-27(3,14-34)19-6-4-16(5-7-19)22-24(29)33-25(30)23(32-22)18-12-17-8-10-31-26(35)21(17)20(28)13-18/h4-7,12-13,15H,8-11,14H2,1-3H3,(H2,30,33)(H,31,35). The van der Waals surface area contributed by atoms with Crippen LogP contribution in [-0.4, -0.2) is 46.5 Å². The topological polar surface area (TPSA) is 84.1 Å². The van der Waals surface area contributed by atoms with E-state index in [4.69, 9.17) is 5.73 Å². The van der Waals surface area contributed by atoms with Crippen molar-refractivity contribution in [1.82, 2.24) is 20.2 Å². The van der Waals surface area contributed by atoms with Crippen LogP contribution in [-0.2, 0) is 11.8 Å². The zero-order chi connectivity index (χ0) is 24.9. The number of halogens is 2. The molecule has 3 heterocycles. The summed E-state index contributed by atoms with van der Waals surface area (Å²) in [6, 6.07) is 11.1. The summed E-state index contributed by atoms with van der Waals surface area (Å²) >= 11 is 0. The van der Waals surface area contributed by atoms with Crippen molar-refractivity contribution in [1.29, 1.82) is 0 Å². The van der Waals surface area contributed by atoms with Crippen molar-refractivity contribution < 1.29 is 13.6 Å². The van der Waals surface area contributed by atoms with E-state index in [2.05, 4.69) is 41.0 Å². The molecular weight excluding hydrogens is 448 g/mol. The zero-order valence-electron chi connectivity index (χ0n) is 20.2. The molecule has 0 aliphatic carbocycles. The Kier molecular flexibility index (Phi) is 5.79. The van der Waals surface area contributed by atoms with Gasteiger partial charge in [0.2, 0.25) is 5.95 Å². The lowest BCUT2D eigenvalue weighted by molar-refractivity contribution is 0.0941. The summed E-state index contributed by atoms with van der Waals surface area (Å²) in [6.45, 7) is 9.13. The molecule has 2 aliphatic heterocycles. The molecule has 1 aromatic heterocycles. The number of carbonyl (C=O) groups is 1. The van der Waals surface area contributed by atoms with E-state index in [1.54, 1.807) is 6.07 Å². The first-order valence-corrected chi connectivity index (χ1v) is 12.0. The summed E-state index contributed by atoms with van der Waals surface area (Å²) in [7, 11) is 0. The largest absolute Gasteiger partial charge is 0.382 e. The fraction of sp³-hybridized carbons (Fsp3) is 0.370. The van der Waals surface area contributed by atoms with Crippen molar-refractivity contribution >= 4 is 11.7 Å². The van der Waals surface area contributed by atoms with Gasteiger partial charge in [-0.15, -0.1) is 0 Å². The maximum absolute atomic E-state index is 14.9. The molecule has 182 valence electrons. The second-order valence-corrected chi connectivity index (χ2v) is 10.0. The molecule has 0 bridgehead atoms. The second kappa shape index (κ2) is 8.68. The van der Waals surface area contributed by atoms with Crippen LogP contribution in [0, 0.1) is 11.8 Å². The Hall–Kier alpha value is -3.39. The summed E-state index contributed by atoms with van der Waals surface area (Å²) in [5.41, 5.74) is 9.00. The number of nitrogens with two attached hydrogens (primary N) is 1. The monoisotopic (exact) mass is 477 g/mol. The average molecular weight is 478 g/mol. The zero-order valence-corrected chi connectivity index (χ0v) is 20.2. The fourth-order valence-electron chi connectivity index (χ4n) is 5.18. The normalized spacial score (nSPS) is 20.2. The van der Waals surface area contributed by atoms with Gasteiger partial charge in [-0.2, -0.15) is 9.37 Å². The third kappa shape index (κ3) is 4.16. The van der Waals surface area contributed by atoms with Gasteiger partial charge in [0.25, 0.3) is 5.91 Å². The number of carbonyl (C=O) groups excluding carboxylic acids is 1. The number of nitrogens with zero attached hydrogens (tertiary/aromatic N) is 3. The molecule has 3 N–H and O–H groups in total. The quantitative estimate of drug-likeness (QED) is 0.585. The molecule has 0 spiro atoms. The van der Waals surface area contributed by atoms with Crippen molar-refractivity contribution in [3.63, 3.8) is 0 Å². The molecule has 6 nitrogen and oxygen atoms in total. The van der Waals surface area contributed by atoms with Crippen LogP contribution in [0.15, 0.2) is 36.4 Å². The summed E-state index contributed by atoms with van der Waals surface area (Å²) < 4.78 is 29.6. The Labute approximate surface area is 203 Å². The van der Waals surface area contributed by atoms with E-state index in [1.165, 1.54) is 11.6 Å². The molecular formula is C27H29F2N5O. The van der Waals surface area contributed by atoms with Crippen LogP contribution < -0.4 is 11.1 Å². The smallest absolute Gasteiger partial charge is 0.254 e. The predicted octanol–water partition coefficient (Wildman–Crippen LogP) is 4.33. The first-order chi connectivity index (χ1) is 16.7. The van der Waals surface area contributed by atoms with Gasteiger partial charge in [0.05, 0.1) is 5.56 Å². The van der Waals surface area contributed by atoms with Crippen LogP contribution in [0.3, 0.4) is 0 Å². The minimum atomic E-state index is -0.783. The van der Waals surface area contributed by atoms with E-state index >= 15 is 0 Å². The summed E-state index contributed by atoms with van der Waals surface area (Å²) in [5, 5.41) is 2.64. The lowest BCUT2D eigenvalue weighted by Gasteiger charge is -2.27. The van der Waals surface area contributed by atoms with E-state index in [9.17, 15) is 13.6 Å². The van der Waals surface area contributed by atoms with Gasteiger partial charge in [-0.3, -0.25) is 4.79 Å². The molecule has 2 aromatic carbocycles. The summed E-state index contributed by atoms with van der Waals surface area (Å²) in [5.74, 6) is -2.02. The van der Waals surface area contributed by atoms with Gasteiger partial charge in [0, 0.05) is 35.7 Å². The number of benzene rings is 2. The number of likely N-dealkylation sites (tertiary alicyclic amines) is 1. The van der Waals surface area contributed by atoms with E-state index in [0.717, 1.165) is 19.5 Å². The van der Waals surface area contributed by atoms with Crippen molar-refractivity contribution in [2.45, 2.75) is 45.1 Å². The Morgan fingerprint density at radius 1 is 1.09 bits per heavy atom. The molecule has 1 atom stereocenters. The summed E-state index contributed by atoms with van der Waals surface area (Å²) in [4.78, 5) is 22.8. The molecule has 35 heavy (non-hydrogen) atoms. The maximum atomic E-state index is 14.9. The van der Waals surface area contributed by atoms with E-state index in [1.807, 2.05) is 24.3 Å². The van der Waals surface area contributed by atoms with Crippen LogP contribution in [0.5, 0.6) is 0 Å². The Morgan fingerprint density at radius 3 is 2.51 bits per heavy atom. The SMILES string of the molecule is CC(C)N1CCC(C)(c2ccc(-c3nc(-c4cc(F)c5c(c4)CCNC5=O)c(N)nc3F)cc2)C1. The molecule has 5 rings (SSSR count). The highest BCUT2D eigenvalue weighted by atomic mass is 19.1. The highest BCUT2D eigenvalue weighted by molar-refractivity contribution is 5.97. The van der Waals surface area contributed by atoms with Gasteiger partial charge in [0.1, 0.15) is 17.2 Å². The number of nitrogens with one attached hydrogen (secondary N) is 1. The number of nitrogen functional groups attached to an aromatic ring is 1. The van der Waals surface area contributed by atoms with Gasteiger partial charge < -0.3 is 16.0 Å². The Balaban J connectivity index is 1.50. The number of rotatable bonds is 4. The Bertz CT molecular complexity index is 1310. The van der Waals surface area contributed by atoms with Gasteiger partial charge in [0.15, 0.2) is 5.82 Å². The molecule has 3 aromatic rings. The lowest BCUT2D eigenvalue weighted by atomic mass is 9.81. The average Bonchev–Trinajstić information content (AvgIpc) is 3.23. The number of anilines is 1. The first kappa shape index (κ1) is 23.4. The molecule has 1 fully saturated rings. The van der Waals surface area contributed by atoms with E-state index < -0.39 is 17.7 Å². The molecule has 8 heteroatoms. The van der Waals surface area contributed by atoms with Crippen molar-refractivity contribution in [2.75, 3.05) is 25.4 Å². The fourth-order valence-corrected chi connectivity index (χ4v) is 5.18. The van der Waals surface area contributed by atoms with Gasteiger partial charge in [-0.25, -0.2) is 9.37 Å². The molecule has 0 saturated carbocycles. The third-order valence-corrected chi connectivity index (χ3v) is 7.32. The minimum Gasteiger partial charge on any atom is -0.382 e. The highest BCUT2D eigenvalue weighted by Crippen LogP contribution is 2.37.